The molecule has 32 heavy (non-hydrogen) atoms. The van der Waals surface area contributed by atoms with Crippen LogP contribution >= 0.6 is 0 Å². The molecule has 160 valence electrons. The molecule has 0 aliphatic heterocycles. The molecule has 0 aliphatic rings. The highest BCUT2D eigenvalue weighted by molar-refractivity contribution is 5.77. The van der Waals surface area contributed by atoms with Crippen molar-refractivity contribution in [3.8, 4) is 11.4 Å². The van der Waals surface area contributed by atoms with Crippen molar-refractivity contribution in [2.45, 2.75) is 12.6 Å². The van der Waals surface area contributed by atoms with Crippen molar-refractivity contribution in [1.82, 2.24) is 24.4 Å². The molecule has 6 heteroatoms. The lowest BCUT2D eigenvalue weighted by molar-refractivity contribution is 0.401. The summed E-state index contributed by atoms with van der Waals surface area (Å²) in [4.78, 5) is 9.08. The van der Waals surface area contributed by atoms with Gasteiger partial charge in [0.2, 0.25) is 0 Å². The van der Waals surface area contributed by atoms with Crippen molar-refractivity contribution in [2.75, 3.05) is 7.11 Å². The number of aryl methyl sites for hydroxylation is 1. The Kier molecular flexibility index (Phi) is 5.44. The third-order valence-electron chi connectivity index (χ3n) is 5.74. The molecule has 0 fully saturated rings. The van der Waals surface area contributed by atoms with Gasteiger partial charge in [0.05, 0.1) is 24.2 Å². The van der Waals surface area contributed by atoms with E-state index in [1.54, 1.807) is 7.11 Å². The Morgan fingerprint density at radius 3 is 2.50 bits per heavy atom. The van der Waals surface area contributed by atoms with Crippen molar-refractivity contribution in [3.05, 3.63) is 108 Å². The summed E-state index contributed by atoms with van der Waals surface area (Å²) in [6.45, 7) is 0.695. The molecule has 3 aromatic carbocycles. The van der Waals surface area contributed by atoms with Gasteiger partial charge in [-0.1, -0.05) is 42.5 Å². The van der Waals surface area contributed by atoms with Gasteiger partial charge >= 0.3 is 0 Å². The van der Waals surface area contributed by atoms with E-state index in [0.717, 1.165) is 33.9 Å². The molecule has 5 aromatic rings. The number of para-hydroxylation sites is 3. The van der Waals surface area contributed by atoms with E-state index < -0.39 is 0 Å². The monoisotopic (exact) mass is 423 g/mol. The first-order valence-corrected chi connectivity index (χ1v) is 10.6. The van der Waals surface area contributed by atoms with Crippen LogP contribution in [0, 0.1) is 0 Å². The van der Waals surface area contributed by atoms with Crippen LogP contribution in [0.1, 0.15) is 23.0 Å². The normalized spacial score (nSPS) is 12.2. The van der Waals surface area contributed by atoms with E-state index in [0.29, 0.717) is 6.54 Å². The number of fused-ring (bicyclic) bond motifs is 1. The van der Waals surface area contributed by atoms with Gasteiger partial charge in [-0.25, -0.2) is 9.97 Å². The molecule has 0 radical (unpaired) electrons. The van der Waals surface area contributed by atoms with Crippen molar-refractivity contribution in [1.29, 1.82) is 0 Å². The number of nitrogens with zero attached hydrogens (tertiary/aromatic N) is 4. The quantitative estimate of drug-likeness (QED) is 0.414. The molecular weight excluding hydrogens is 398 g/mol. The number of hydrogen-bond acceptors (Lipinski definition) is 4. The Labute approximate surface area is 187 Å². The number of imidazole rings is 2. The molecule has 1 atom stereocenters. The van der Waals surface area contributed by atoms with Gasteiger partial charge in [-0.3, -0.25) is 9.88 Å². The standard InChI is InChI=1S/C26H25N5O/c1-30-16-15-27-26(30)25(21-7-3-6-10-24(21)32-2)28-17-19-11-13-20(14-12-19)31-18-29-22-8-4-5-9-23(22)31/h3-16,18,25,28H,17H2,1-2H3. The second-order valence-corrected chi connectivity index (χ2v) is 7.72. The SMILES string of the molecule is COc1ccccc1C(NCc1ccc(-n2cnc3ccccc32)cc1)c1nccn1C. The van der Waals surface area contributed by atoms with Crippen LogP contribution in [0.3, 0.4) is 0 Å². The summed E-state index contributed by atoms with van der Waals surface area (Å²) in [6, 6.07) is 24.7. The first kappa shape index (κ1) is 20.0. The number of hydrogen-bond donors (Lipinski definition) is 1. The predicted octanol–water partition coefficient (Wildman–Crippen LogP) is 4.65. The van der Waals surface area contributed by atoms with Gasteiger partial charge in [-0.15, -0.1) is 0 Å². The maximum atomic E-state index is 5.62. The summed E-state index contributed by atoms with van der Waals surface area (Å²) in [5.41, 5.74) is 5.43. The van der Waals surface area contributed by atoms with Crippen LogP contribution in [0.4, 0.5) is 0 Å². The summed E-state index contributed by atoms with van der Waals surface area (Å²) in [7, 11) is 3.71. The fraction of sp³-hybridized carbons (Fsp3) is 0.154. The van der Waals surface area contributed by atoms with Gasteiger partial charge in [-0.2, -0.15) is 0 Å². The van der Waals surface area contributed by atoms with Gasteiger partial charge in [-0.05, 0) is 35.9 Å². The zero-order chi connectivity index (χ0) is 21.9. The van der Waals surface area contributed by atoms with Crippen LogP contribution in [0.25, 0.3) is 16.7 Å². The van der Waals surface area contributed by atoms with Gasteiger partial charge in [0.1, 0.15) is 17.9 Å². The van der Waals surface area contributed by atoms with Gasteiger partial charge in [0.25, 0.3) is 0 Å². The zero-order valence-corrected chi connectivity index (χ0v) is 18.1. The van der Waals surface area contributed by atoms with E-state index in [-0.39, 0.29) is 6.04 Å². The minimum absolute atomic E-state index is 0.0941. The number of ether oxygens (including phenoxy) is 1. The van der Waals surface area contributed by atoms with E-state index in [1.165, 1.54) is 5.56 Å². The lowest BCUT2D eigenvalue weighted by Crippen LogP contribution is -2.25. The van der Waals surface area contributed by atoms with Crippen molar-refractivity contribution < 1.29 is 4.74 Å². The van der Waals surface area contributed by atoms with E-state index in [4.69, 9.17) is 4.74 Å². The van der Waals surface area contributed by atoms with Crippen molar-refractivity contribution in [3.63, 3.8) is 0 Å². The maximum Gasteiger partial charge on any atom is 0.130 e. The smallest absolute Gasteiger partial charge is 0.130 e. The summed E-state index contributed by atoms with van der Waals surface area (Å²) in [5, 5.41) is 3.67. The third-order valence-corrected chi connectivity index (χ3v) is 5.74. The first-order valence-electron chi connectivity index (χ1n) is 10.6. The van der Waals surface area contributed by atoms with Crippen molar-refractivity contribution in [2.24, 2.45) is 7.05 Å². The predicted molar refractivity (Wildman–Crippen MR) is 126 cm³/mol. The summed E-state index contributed by atoms with van der Waals surface area (Å²) in [6.07, 6.45) is 5.66. The Morgan fingerprint density at radius 2 is 1.72 bits per heavy atom. The molecule has 0 spiro atoms. The molecule has 1 N–H and O–H groups in total. The number of rotatable bonds is 7. The van der Waals surface area contributed by atoms with E-state index in [2.05, 4.69) is 56.3 Å². The summed E-state index contributed by atoms with van der Waals surface area (Å²) < 4.78 is 9.77. The second-order valence-electron chi connectivity index (χ2n) is 7.72. The molecule has 2 heterocycles. The van der Waals surface area contributed by atoms with Crippen LogP contribution in [0.15, 0.2) is 91.5 Å². The molecule has 1 unspecified atom stereocenters. The molecular formula is C26H25N5O. The van der Waals surface area contributed by atoms with Gasteiger partial charge in [0.15, 0.2) is 0 Å². The fourth-order valence-corrected chi connectivity index (χ4v) is 4.06. The Bertz CT molecular complexity index is 1340. The van der Waals surface area contributed by atoms with Crippen LogP contribution in [0.2, 0.25) is 0 Å². The maximum absolute atomic E-state index is 5.62. The fourth-order valence-electron chi connectivity index (χ4n) is 4.06. The highest BCUT2D eigenvalue weighted by Crippen LogP contribution is 2.29. The molecule has 0 saturated carbocycles. The highest BCUT2D eigenvalue weighted by atomic mass is 16.5. The van der Waals surface area contributed by atoms with E-state index in [1.807, 2.05) is 66.7 Å². The largest absolute Gasteiger partial charge is 0.496 e. The number of aromatic nitrogens is 4. The average Bonchev–Trinajstić information content (AvgIpc) is 3.46. The summed E-state index contributed by atoms with van der Waals surface area (Å²) >= 11 is 0. The highest BCUT2D eigenvalue weighted by Gasteiger charge is 2.21. The van der Waals surface area contributed by atoms with E-state index >= 15 is 0 Å². The molecule has 0 aliphatic carbocycles. The lowest BCUT2D eigenvalue weighted by atomic mass is 10.0. The molecule has 5 rings (SSSR count). The Morgan fingerprint density at radius 1 is 0.938 bits per heavy atom. The Hall–Kier alpha value is -3.90. The zero-order valence-electron chi connectivity index (χ0n) is 18.1. The second kappa shape index (κ2) is 8.69. The van der Waals surface area contributed by atoms with E-state index in [9.17, 15) is 0 Å². The van der Waals surface area contributed by atoms with Crippen LogP contribution < -0.4 is 10.1 Å². The van der Waals surface area contributed by atoms with Gasteiger partial charge < -0.3 is 9.30 Å². The minimum atomic E-state index is -0.0941. The van der Waals surface area contributed by atoms with Crippen molar-refractivity contribution >= 4 is 11.0 Å². The first-order chi connectivity index (χ1) is 15.7. The Balaban J connectivity index is 1.39. The molecule has 2 aromatic heterocycles. The topological polar surface area (TPSA) is 56.9 Å². The summed E-state index contributed by atoms with van der Waals surface area (Å²) in [5.74, 6) is 1.78. The molecule has 0 amide bonds. The third kappa shape index (κ3) is 3.76. The van der Waals surface area contributed by atoms with Crippen LogP contribution in [0.5, 0.6) is 5.75 Å². The molecule has 6 nitrogen and oxygen atoms in total. The lowest BCUT2D eigenvalue weighted by Gasteiger charge is -2.21. The number of benzene rings is 3. The molecule has 0 saturated heterocycles. The minimum Gasteiger partial charge on any atom is -0.496 e. The number of methoxy groups -OCH3 is 1. The average molecular weight is 424 g/mol. The molecule has 0 bridgehead atoms. The van der Waals surface area contributed by atoms with Crippen LogP contribution in [-0.4, -0.2) is 26.2 Å². The number of nitrogens with one attached hydrogen (secondary N) is 1. The van der Waals surface area contributed by atoms with Gasteiger partial charge in [0, 0.05) is 37.2 Å². The van der Waals surface area contributed by atoms with Crippen LogP contribution in [-0.2, 0) is 13.6 Å².